The maximum absolute atomic E-state index is 13.1. The maximum atomic E-state index is 13.1. The summed E-state index contributed by atoms with van der Waals surface area (Å²) >= 11 is 0. The smallest absolute Gasteiger partial charge is 0.276 e. The molecule has 3 rings (SSSR count). The number of benzene rings is 1. The Labute approximate surface area is 184 Å². The van der Waals surface area contributed by atoms with Crippen LogP contribution in [0.2, 0.25) is 0 Å². The standard InChI is InChI=1S/C24H33N3O4/c1-16(2)15-27(10-9-23(28)25-14-19-6-5-11-30-19)24(29)21-13-22(31-26-21)20-12-17(3)7-8-18(20)4/h7-8,12-13,16,19H,5-6,9-11,14-15H2,1-4H3,(H,25,28). The van der Waals surface area contributed by atoms with Gasteiger partial charge in [-0.1, -0.05) is 36.7 Å². The molecular weight excluding hydrogens is 394 g/mol. The largest absolute Gasteiger partial charge is 0.376 e. The van der Waals surface area contributed by atoms with Gasteiger partial charge in [-0.25, -0.2) is 0 Å². The number of carbonyl (C=O) groups is 2. The zero-order valence-electron chi connectivity index (χ0n) is 18.9. The van der Waals surface area contributed by atoms with Crippen LogP contribution in [0.25, 0.3) is 11.3 Å². The van der Waals surface area contributed by atoms with Gasteiger partial charge in [0.05, 0.1) is 6.10 Å². The van der Waals surface area contributed by atoms with E-state index < -0.39 is 0 Å². The number of aromatic nitrogens is 1. The average Bonchev–Trinajstić information content (AvgIpc) is 3.42. The number of amides is 2. The summed E-state index contributed by atoms with van der Waals surface area (Å²) in [5.74, 6) is 0.543. The molecule has 2 aromatic rings. The Morgan fingerprint density at radius 1 is 1.26 bits per heavy atom. The molecule has 1 N–H and O–H groups in total. The van der Waals surface area contributed by atoms with Crippen LogP contribution in [0.5, 0.6) is 0 Å². The van der Waals surface area contributed by atoms with Gasteiger partial charge in [-0.15, -0.1) is 0 Å². The summed E-state index contributed by atoms with van der Waals surface area (Å²) in [7, 11) is 0. The highest BCUT2D eigenvalue weighted by Gasteiger charge is 2.23. The van der Waals surface area contributed by atoms with Crippen molar-refractivity contribution in [2.45, 2.75) is 53.1 Å². The van der Waals surface area contributed by atoms with Crippen molar-refractivity contribution in [1.29, 1.82) is 0 Å². The van der Waals surface area contributed by atoms with Gasteiger partial charge in [0.25, 0.3) is 5.91 Å². The summed E-state index contributed by atoms with van der Waals surface area (Å²) in [6.45, 7) is 10.3. The predicted octanol–water partition coefficient (Wildman–Crippen LogP) is 3.74. The maximum Gasteiger partial charge on any atom is 0.276 e. The van der Waals surface area contributed by atoms with Crippen LogP contribution in [0.4, 0.5) is 0 Å². The average molecular weight is 428 g/mol. The van der Waals surface area contributed by atoms with Gasteiger partial charge in [0, 0.05) is 44.3 Å². The summed E-state index contributed by atoms with van der Waals surface area (Å²) in [5.41, 5.74) is 3.36. The fraction of sp³-hybridized carbons (Fsp3) is 0.542. The Kier molecular flexibility index (Phi) is 7.85. The van der Waals surface area contributed by atoms with E-state index in [0.717, 1.165) is 36.1 Å². The van der Waals surface area contributed by atoms with Crippen LogP contribution >= 0.6 is 0 Å². The van der Waals surface area contributed by atoms with Gasteiger partial charge >= 0.3 is 0 Å². The monoisotopic (exact) mass is 427 g/mol. The van der Waals surface area contributed by atoms with Crippen LogP contribution in [0.1, 0.15) is 54.7 Å². The van der Waals surface area contributed by atoms with E-state index in [2.05, 4.69) is 10.5 Å². The molecule has 1 aliphatic heterocycles. The minimum absolute atomic E-state index is 0.0757. The molecular formula is C24H33N3O4. The molecule has 1 aromatic heterocycles. The van der Waals surface area contributed by atoms with Crippen molar-refractivity contribution in [2.75, 3.05) is 26.2 Å². The van der Waals surface area contributed by atoms with E-state index in [-0.39, 0.29) is 36.0 Å². The molecule has 2 heterocycles. The summed E-state index contributed by atoms with van der Waals surface area (Å²) in [6.07, 6.45) is 2.37. The van der Waals surface area contributed by atoms with E-state index in [1.54, 1.807) is 11.0 Å². The minimum Gasteiger partial charge on any atom is -0.376 e. The zero-order valence-corrected chi connectivity index (χ0v) is 18.9. The highest BCUT2D eigenvalue weighted by atomic mass is 16.5. The van der Waals surface area contributed by atoms with E-state index in [0.29, 0.717) is 25.4 Å². The third-order valence-electron chi connectivity index (χ3n) is 5.42. The van der Waals surface area contributed by atoms with Crippen molar-refractivity contribution in [1.82, 2.24) is 15.4 Å². The second-order valence-corrected chi connectivity index (χ2v) is 8.73. The first-order valence-electron chi connectivity index (χ1n) is 11.1. The number of rotatable bonds is 9. The molecule has 1 aromatic carbocycles. The second kappa shape index (κ2) is 10.6. The van der Waals surface area contributed by atoms with Crippen LogP contribution in [0, 0.1) is 19.8 Å². The van der Waals surface area contributed by atoms with E-state index >= 15 is 0 Å². The third kappa shape index (κ3) is 6.40. The van der Waals surface area contributed by atoms with E-state index in [1.165, 1.54) is 0 Å². The molecule has 31 heavy (non-hydrogen) atoms. The number of hydrogen-bond donors (Lipinski definition) is 1. The molecule has 168 valence electrons. The molecule has 2 amide bonds. The molecule has 0 radical (unpaired) electrons. The number of ether oxygens (including phenoxy) is 1. The Morgan fingerprint density at radius 3 is 2.77 bits per heavy atom. The van der Waals surface area contributed by atoms with Crippen molar-refractivity contribution in [3.8, 4) is 11.3 Å². The molecule has 0 spiro atoms. The van der Waals surface area contributed by atoms with Crippen molar-refractivity contribution in [3.63, 3.8) is 0 Å². The molecule has 7 nitrogen and oxygen atoms in total. The third-order valence-corrected chi connectivity index (χ3v) is 5.42. The highest BCUT2D eigenvalue weighted by molar-refractivity contribution is 5.93. The van der Waals surface area contributed by atoms with Gasteiger partial charge in [-0.3, -0.25) is 9.59 Å². The van der Waals surface area contributed by atoms with Crippen molar-refractivity contribution in [3.05, 3.63) is 41.1 Å². The summed E-state index contributed by atoms with van der Waals surface area (Å²) in [6, 6.07) is 7.77. The lowest BCUT2D eigenvalue weighted by Gasteiger charge is -2.23. The molecule has 0 aliphatic carbocycles. The van der Waals surface area contributed by atoms with Crippen molar-refractivity contribution >= 4 is 11.8 Å². The van der Waals surface area contributed by atoms with Crippen LogP contribution in [-0.2, 0) is 9.53 Å². The lowest BCUT2D eigenvalue weighted by Crippen LogP contribution is -2.39. The summed E-state index contributed by atoms with van der Waals surface area (Å²) < 4.78 is 11.0. The molecule has 7 heteroatoms. The quantitative estimate of drug-likeness (QED) is 0.659. The SMILES string of the molecule is Cc1ccc(C)c(-c2cc(C(=O)N(CCC(=O)NCC3CCCO3)CC(C)C)no2)c1. The lowest BCUT2D eigenvalue weighted by molar-refractivity contribution is -0.121. The first-order chi connectivity index (χ1) is 14.8. The molecule has 0 bridgehead atoms. The Hall–Kier alpha value is -2.67. The molecule has 1 atom stereocenters. The number of nitrogens with one attached hydrogen (secondary N) is 1. The number of nitrogens with zero attached hydrogens (tertiary/aromatic N) is 2. The van der Waals surface area contributed by atoms with Gasteiger partial charge < -0.3 is 19.5 Å². The van der Waals surface area contributed by atoms with Crippen LogP contribution in [-0.4, -0.2) is 54.2 Å². The molecule has 1 fully saturated rings. The second-order valence-electron chi connectivity index (χ2n) is 8.73. The first kappa shape index (κ1) is 23.0. The van der Waals surface area contributed by atoms with Gasteiger partial charge in [0.15, 0.2) is 11.5 Å². The van der Waals surface area contributed by atoms with Crippen molar-refractivity contribution < 1.29 is 18.8 Å². The molecule has 1 aliphatic rings. The number of hydrogen-bond acceptors (Lipinski definition) is 5. The zero-order chi connectivity index (χ0) is 22.4. The molecule has 0 saturated carbocycles. The summed E-state index contributed by atoms with van der Waals surface area (Å²) in [4.78, 5) is 27.1. The highest BCUT2D eigenvalue weighted by Crippen LogP contribution is 2.26. The van der Waals surface area contributed by atoms with Crippen LogP contribution in [0.15, 0.2) is 28.8 Å². The van der Waals surface area contributed by atoms with Gasteiger partial charge in [0.2, 0.25) is 5.91 Å². The van der Waals surface area contributed by atoms with Gasteiger partial charge in [-0.05, 0) is 44.2 Å². The minimum atomic E-state index is -0.221. The Bertz CT molecular complexity index is 900. The lowest BCUT2D eigenvalue weighted by atomic mass is 10.0. The Balaban J connectivity index is 1.63. The fourth-order valence-electron chi connectivity index (χ4n) is 3.74. The summed E-state index contributed by atoms with van der Waals surface area (Å²) in [5, 5.41) is 6.94. The van der Waals surface area contributed by atoms with E-state index in [1.807, 2.05) is 45.9 Å². The molecule has 1 unspecified atom stereocenters. The topological polar surface area (TPSA) is 84.7 Å². The first-order valence-corrected chi connectivity index (χ1v) is 11.1. The molecule has 1 saturated heterocycles. The normalized spacial score (nSPS) is 16.0. The van der Waals surface area contributed by atoms with E-state index in [4.69, 9.17) is 9.26 Å². The van der Waals surface area contributed by atoms with E-state index in [9.17, 15) is 9.59 Å². The van der Waals surface area contributed by atoms with Crippen molar-refractivity contribution in [2.24, 2.45) is 5.92 Å². The van der Waals surface area contributed by atoms with Crippen LogP contribution in [0.3, 0.4) is 0 Å². The van der Waals surface area contributed by atoms with Crippen LogP contribution < -0.4 is 5.32 Å². The number of carbonyl (C=O) groups excluding carboxylic acids is 2. The number of aryl methyl sites for hydroxylation is 2. The predicted molar refractivity (Wildman–Crippen MR) is 119 cm³/mol. The van der Waals surface area contributed by atoms with Gasteiger partial charge in [0.1, 0.15) is 0 Å². The fourth-order valence-corrected chi connectivity index (χ4v) is 3.74. The Morgan fingerprint density at radius 2 is 2.06 bits per heavy atom. The van der Waals surface area contributed by atoms with Gasteiger partial charge in [-0.2, -0.15) is 0 Å².